The summed E-state index contributed by atoms with van der Waals surface area (Å²) in [5, 5.41) is 18.1. The van der Waals surface area contributed by atoms with Crippen LogP contribution in [0.1, 0.15) is 31.7 Å². The molecular formula is C22H22N7O2. The first-order valence-electron chi connectivity index (χ1n) is 10.2. The average Bonchev–Trinajstić information content (AvgIpc) is 3.41. The zero-order valence-corrected chi connectivity index (χ0v) is 16.8. The Kier molecular flexibility index (Phi) is 4.65. The minimum atomic E-state index is -0.774. The van der Waals surface area contributed by atoms with Crippen molar-refractivity contribution >= 4 is 28.6 Å². The van der Waals surface area contributed by atoms with Crippen LogP contribution >= 0.6 is 0 Å². The molecule has 0 spiro atoms. The number of nitrogens with one attached hydrogen (secondary N) is 1. The Hall–Kier alpha value is -3.75. The van der Waals surface area contributed by atoms with E-state index in [1.807, 2.05) is 41.1 Å². The van der Waals surface area contributed by atoms with Crippen molar-refractivity contribution in [3.63, 3.8) is 0 Å². The average molecular weight is 416 g/mol. The lowest BCUT2D eigenvalue weighted by atomic mass is 9.63. The van der Waals surface area contributed by atoms with Crippen molar-refractivity contribution in [3.05, 3.63) is 62.3 Å². The summed E-state index contributed by atoms with van der Waals surface area (Å²) < 4.78 is 3.63. The number of benzene rings is 1. The van der Waals surface area contributed by atoms with E-state index in [1.54, 1.807) is 17.2 Å². The maximum atomic E-state index is 12.1. The van der Waals surface area contributed by atoms with Crippen LogP contribution in [0.25, 0.3) is 16.7 Å². The van der Waals surface area contributed by atoms with Crippen LogP contribution in [0, 0.1) is 12.3 Å². The Labute approximate surface area is 178 Å². The molecule has 0 saturated heterocycles. The van der Waals surface area contributed by atoms with Gasteiger partial charge in [0.1, 0.15) is 18.3 Å². The van der Waals surface area contributed by atoms with E-state index in [2.05, 4.69) is 27.3 Å². The predicted molar refractivity (Wildman–Crippen MR) is 115 cm³/mol. The van der Waals surface area contributed by atoms with Gasteiger partial charge in [-0.25, -0.2) is 14.6 Å². The first-order valence-corrected chi connectivity index (χ1v) is 10.2. The second-order valence-corrected chi connectivity index (χ2v) is 7.83. The Morgan fingerprint density at radius 3 is 2.68 bits per heavy atom. The number of nitrogens with zero attached hydrogens (tertiary/aromatic N) is 6. The number of rotatable bonds is 7. The van der Waals surface area contributed by atoms with Crippen LogP contribution in [-0.4, -0.2) is 40.4 Å². The Morgan fingerprint density at radius 2 is 2.06 bits per heavy atom. The second kappa shape index (κ2) is 7.50. The van der Waals surface area contributed by atoms with Crippen LogP contribution in [0.3, 0.4) is 0 Å². The van der Waals surface area contributed by atoms with Crippen LogP contribution in [0.4, 0.5) is 11.6 Å². The van der Waals surface area contributed by atoms with Crippen molar-refractivity contribution in [2.24, 2.45) is 5.41 Å². The van der Waals surface area contributed by atoms with E-state index in [4.69, 9.17) is 4.98 Å². The number of carboxylic acid groups (broad SMARTS) is 1. The zero-order chi connectivity index (χ0) is 21.4. The molecule has 1 aromatic carbocycles. The summed E-state index contributed by atoms with van der Waals surface area (Å²) in [5.41, 5.74) is 1.66. The molecule has 2 N–H and O–H groups in total. The molecule has 1 radical (unpaired) electrons. The van der Waals surface area contributed by atoms with Gasteiger partial charge < -0.3 is 15.0 Å². The fourth-order valence-corrected chi connectivity index (χ4v) is 4.35. The summed E-state index contributed by atoms with van der Waals surface area (Å²) >= 11 is 0. The number of aliphatic carboxylic acids is 1. The fraction of sp³-hybridized carbons (Fsp3) is 0.273. The predicted octanol–water partition coefficient (Wildman–Crippen LogP) is 3.78. The van der Waals surface area contributed by atoms with Crippen LogP contribution in [0.2, 0.25) is 0 Å². The molecule has 3 aromatic heterocycles. The molecule has 3 heterocycles. The number of carboxylic acids is 1. The van der Waals surface area contributed by atoms with Crippen molar-refractivity contribution in [1.29, 1.82) is 0 Å². The van der Waals surface area contributed by atoms with Gasteiger partial charge in [0, 0.05) is 23.5 Å². The van der Waals surface area contributed by atoms with Gasteiger partial charge in [-0.05, 0) is 49.6 Å². The number of anilines is 2. The summed E-state index contributed by atoms with van der Waals surface area (Å²) in [6, 6.07) is 9.34. The topological polar surface area (TPSA) is 111 Å². The smallest absolute Gasteiger partial charge is 0.311 e. The molecular weight excluding hydrogens is 394 g/mol. The molecule has 4 aromatic rings. The van der Waals surface area contributed by atoms with Crippen molar-refractivity contribution < 1.29 is 9.90 Å². The van der Waals surface area contributed by atoms with Crippen molar-refractivity contribution in [2.45, 2.75) is 31.7 Å². The summed E-state index contributed by atoms with van der Waals surface area (Å²) in [6.07, 6.45) is 9.50. The van der Waals surface area contributed by atoms with Crippen LogP contribution in [0.5, 0.6) is 0 Å². The molecule has 9 heteroatoms. The van der Waals surface area contributed by atoms with Crippen molar-refractivity contribution in [1.82, 2.24) is 29.3 Å². The molecule has 1 aliphatic carbocycles. The molecule has 1 saturated carbocycles. The first-order chi connectivity index (χ1) is 15.1. The monoisotopic (exact) mass is 416 g/mol. The molecule has 0 aliphatic heterocycles. The third-order valence-corrected chi connectivity index (χ3v) is 6.18. The maximum Gasteiger partial charge on any atom is 0.311 e. The molecule has 0 amide bonds. The third-order valence-electron chi connectivity index (χ3n) is 6.18. The molecule has 31 heavy (non-hydrogen) atoms. The fourth-order valence-electron chi connectivity index (χ4n) is 4.35. The Bertz CT molecular complexity index is 1210. The van der Waals surface area contributed by atoms with Crippen LogP contribution < -0.4 is 5.32 Å². The van der Waals surface area contributed by atoms with E-state index in [1.165, 1.54) is 6.33 Å². The van der Waals surface area contributed by atoms with Gasteiger partial charge in [-0.2, -0.15) is 10.1 Å². The zero-order valence-electron chi connectivity index (χ0n) is 16.8. The molecule has 1 atom stereocenters. The van der Waals surface area contributed by atoms with Gasteiger partial charge in [-0.3, -0.25) is 4.79 Å². The third kappa shape index (κ3) is 3.22. The molecule has 157 valence electrons. The standard InChI is InChI=1S/C22H22N7O2/c1-2-18(22(20(30)31)9-3-10-22)28-11-8-15-12-24-21(27-19(15)28)26-16-4-6-17(7-5-16)29-14-23-13-25-29/h4-8,11-14,18H,1-3,9-10H2,(H,30,31)(H,24,26,27). The van der Waals surface area contributed by atoms with E-state index >= 15 is 0 Å². The number of carbonyl (C=O) groups is 1. The highest BCUT2D eigenvalue weighted by Gasteiger charge is 2.51. The molecule has 9 nitrogen and oxygen atoms in total. The normalized spacial score (nSPS) is 16.0. The molecule has 1 aliphatic rings. The largest absolute Gasteiger partial charge is 0.481 e. The minimum Gasteiger partial charge on any atom is -0.481 e. The highest BCUT2D eigenvalue weighted by molar-refractivity contribution is 5.79. The molecule has 1 unspecified atom stereocenters. The summed E-state index contributed by atoms with van der Waals surface area (Å²) in [7, 11) is 0. The van der Waals surface area contributed by atoms with Gasteiger partial charge in [0.25, 0.3) is 0 Å². The number of fused-ring (bicyclic) bond motifs is 1. The van der Waals surface area contributed by atoms with E-state index in [-0.39, 0.29) is 6.04 Å². The lowest BCUT2D eigenvalue weighted by Crippen LogP contribution is -2.45. The highest BCUT2D eigenvalue weighted by Crippen LogP contribution is 2.51. The minimum absolute atomic E-state index is 0.249. The summed E-state index contributed by atoms with van der Waals surface area (Å²) in [5.74, 6) is -0.309. The maximum absolute atomic E-state index is 12.1. The summed E-state index contributed by atoms with van der Waals surface area (Å²) in [4.78, 5) is 25.1. The molecule has 5 rings (SSSR count). The highest BCUT2D eigenvalue weighted by atomic mass is 16.4. The van der Waals surface area contributed by atoms with E-state index in [9.17, 15) is 9.90 Å². The quantitative estimate of drug-likeness (QED) is 0.472. The van der Waals surface area contributed by atoms with Crippen molar-refractivity contribution in [2.75, 3.05) is 5.32 Å². The lowest BCUT2D eigenvalue weighted by molar-refractivity contribution is -0.158. The van der Waals surface area contributed by atoms with Crippen molar-refractivity contribution in [3.8, 4) is 5.69 Å². The number of hydrogen-bond donors (Lipinski definition) is 2. The number of hydrogen-bond acceptors (Lipinski definition) is 6. The van der Waals surface area contributed by atoms with Gasteiger partial charge >= 0.3 is 5.97 Å². The second-order valence-electron chi connectivity index (χ2n) is 7.83. The van der Waals surface area contributed by atoms with E-state index in [0.717, 1.165) is 23.2 Å². The van der Waals surface area contributed by atoms with Gasteiger partial charge in [0.15, 0.2) is 0 Å². The first kappa shape index (κ1) is 19.2. The van der Waals surface area contributed by atoms with Gasteiger partial charge in [-0.1, -0.05) is 13.3 Å². The lowest BCUT2D eigenvalue weighted by Gasteiger charge is -2.44. The van der Waals surface area contributed by atoms with E-state index in [0.29, 0.717) is 30.9 Å². The van der Waals surface area contributed by atoms with Gasteiger partial charge in [0.05, 0.1) is 17.1 Å². The molecule has 1 fully saturated rings. The Morgan fingerprint density at radius 1 is 1.26 bits per heavy atom. The molecule has 0 bridgehead atoms. The van der Waals surface area contributed by atoms with Gasteiger partial charge in [0.2, 0.25) is 5.95 Å². The number of aromatic nitrogens is 6. The van der Waals surface area contributed by atoms with Crippen LogP contribution in [0.15, 0.2) is 55.4 Å². The SMILES string of the molecule is [CH2]CC(n1ccc2cnc(Nc3ccc(-n4cncn4)cc3)nc21)C1(C(=O)O)CCC1. The van der Waals surface area contributed by atoms with Crippen LogP contribution in [-0.2, 0) is 4.79 Å². The summed E-state index contributed by atoms with van der Waals surface area (Å²) in [6.45, 7) is 4.04. The Balaban J connectivity index is 1.44. The van der Waals surface area contributed by atoms with Gasteiger partial charge in [-0.15, -0.1) is 0 Å². The van der Waals surface area contributed by atoms with E-state index < -0.39 is 11.4 Å².